The molecule has 2 rings (SSSR count). The van der Waals surface area contributed by atoms with Gasteiger partial charge in [0.1, 0.15) is 0 Å². The van der Waals surface area contributed by atoms with Gasteiger partial charge in [0.15, 0.2) is 0 Å². The lowest BCUT2D eigenvalue weighted by Crippen LogP contribution is -2.20. The molecule has 3 heteroatoms. The second-order valence-corrected chi connectivity index (χ2v) is 5.32. The normalized spacial score (nSPS) is 12.4. The summed E-state index contributed by atoms with van der Waals surface area (Å²) in [6.07, 6.45) is 0. The third-order valence-corrected chi connectivity index (χ3v) is 4.25. The zero-order chi connectivity index (χ0) is 12.4. The van der Waals surface area contributed by atoms with Crippen molar-refractivity contribution in [1.29, 1.82) is 0 Å². The van der Waals surface area contributed by atoms with E-state index in [9.17, 15) is 0 Å². The Bertz CT molecular complexity index is 491. The molecule has 0 saturated heterocycles. The van der Waals surface area contributed by atoms with E-state index in [1.54, 1.807) is 11.3 Å². The molecule has 90 valence electrons. The summed E-state index contributed by atoms with van der Waals surface area (Å²) in [5.41, 5.74) is 9.10. The van der Waals surface area contributed by atoms with Gasteiger partial charge >= 0.3 is 0 Å². The number of hydrogen-bond acceptors (Lipinski definition) is 3. The first kappa shape index (κ1) is 12.0. The summed E-state index contributed by atoms with van der Waals surface area (Å²) < 4.78 is 0. The zero-order valence-electron chi connectivity index (χ0n) is 10.5. The molecular formula is C14H18N2S. The van der Waals surface area contributed by atoms with E-state index in [0.717, 1.165) is 16.9 Å². The van der Waals surface area contributed by atoms with E-state index in [4.69, 9.17) is 5.73 Å². The number of nitrogens with two attached hydrogens (primary N) is 1. The van der Waals surface area contributed by atoms with E-state index in [1.165, 1.54) is 4.88 Å². The number of nitrogens with zero attached hydrogens (tertiary/aromatic N) is 1. The number of hydrogen-bond donors (Lipinski definition) is 1. The molecule has 0 spiro atoms. The van der Waals surface area contributed by atoms with Crippen molar-refractivity contribution in [2.75, 3.05) is 17.7 Å². The molecule has 0 saturated carbocycles. The minimum Gasteiger partial charge on any atom is -0.398 e. The van der Waals surface area contributed by atoms with Gasteiger partial charge in [0, 0.05) is 23.3 Å². The number of thiophene rings is 1. The van der Waals surface area contributed by atoms with Gasteiger partial charge in [-0.25, -0.2) is 0 Å². The van der Waals surface area contributed by atoms with Crippen molar-refractivity contribution in [2.45, 2.75) is 19.9 Å². The van der Waals surface area contributed by atoms with E-state index < -0.39 is 0 Å². The van der Waals surface area contributed by atoms with Crippen LogP contribution in [0.2, 0.25) is 0 Å². The van der Waals surface area contributed by atoms with E-state index in [-0.39, 0.29) is 0 Å². The highest BCUT2D eigenvalue weighted by Crippen LogP contribution is 2.29. The fourth-order valence-electron chi connectivity index (χ4n) is 1.79. The van der Waals surface area contributed by atoms with E-state index in [2.05, 4.69) is 48.5 Å². The van der Waals surface area contributed by atoms with Gasteiger partial charge < -0.3 is 10.6 Å². The first-order valence-corrected chi connectivity index (χ1v) is 6.60. The molecule has 0 bridgehead atoms. The zero-order valence-corrected chi connectivity index (χ0v) is 11.3. The molecule has 0 fully saturated rings. The molecule has 1 heterocycles. The highest BCUT2D eigenvalue weighted by atomic mass is 32.1. The Kier molecular flexibility index (Phi) is 3.38. The topological polar surface area (TPSA) is 29.3 Å². The van der Waals surface area contributed by atoms with Crippen LogP contribution in [0.1, 0.15) is 23.4 Å². The van der Waals surface area contributed by atoms with Crippen LogP contribution in [0, 0.1) is 6.92 Å². The summed E-state index contributed by atoms with van der Waals surface area (Å²) in [5.74, 6) is 0. The number of nitrogen functional groups attached to an aromatic ring is 1. The lowest BCUT2D eigenvalue weighted by atomic mass is 10.1. The maximum Gasteiger partial charge on any atom is 0.0603 e. The van der Waals surface area contributed by atoms with E-state index in [1.807, 2.05) is 13.0 Å². The molecule has 2 aromatic rings. The fraction of sp³-hybridized carbons (Fsp3) is 0.286. The first-order chi connectivity index (χ1) is 8.09. The lowest BCUT2D eigenvalue weighted by Gasteiger charge is -2.26. The smallest absolute Gasteiger partial charge is 0.0603 e. The molecule has 0 aliphatic carbocycles. The Morgan fingerprint density at radius 2 is 2.06 bits per heavy atom. The molecule has 17 heavy (non-hydrogen) atoms. The van der Waals surface area contributed by atoms with E-state index in [0.29, 0.717) is 6.04 Å². The van der Waals surface area contributed by atoms with E-state index >= 15 is 0 Å². The maximum atomic E-state index is 5.95. The van der Waals surface area contributed by atoms with Gasteiger partial charge in [0.2, 0.25) is 0 Å². The Balaban J connectivity index is 2.24. The quantitative estimate of drug-likeness (QED) is 0.834. The maximum absolute atomic E-state index is 5.95. The Hall–Kier alpha value is -1.48. The second kappa shape index (κ2) is 4.80. The molecule has 1 aromatic carbocycles. The van der Waals surface area contributed by atoms with Gasteiger partial charge in [-0.05, 0) is 43.0 Å². The van der Waals surface area contributed by atoms with Crippen LogP contribution in [0.4, 0.5) is 11.4 Å². The minimum atomic E-state index is 0.372. The van der Waals surface area contributed by atoms with Gasteiger partial charge in [-0.1, -0.05) is 12.1 Å². The van der Waals surface area contributed by atoms with Crippen molar-refractivity contribution in [3.8, 4) is 0 Å². The first-order valence-electron chi connectivity index (χ1n) is 5.72. The highest BCUT2D eigenvalue weighted by molar-refractivity contribution is 7.10. The summed E-state index contributed by atoms with van der Waals surface area (Å²) in [7, 11) is 2.11. The van der Waals surface area contributed by atoms with Gasteiger partial charge in [-0.2, -0.15) is 0 Å². The Morgan fingerprint density at radius 1 is 1.29 bits per heavy atom. The molecule has 2 nitrogen and oxygen atoms in total. The van der Waals surface area contributed by atoms with Gasteiger partial charge in [-0.15, -0.1) is 11.3 Å². The van der Waals surface area contributed by atoms with Crippen molar-refractivity contribution >= 4 is 22.7 Å². The predicted octanol–water partition coefficient (Wildman–Crippen LogP) is 3.84. The van der Waals surface area contributed by atoms with Gasteiger partial charge in [-0.3, -0.25) is 0 Å². The SMILES string of the molecule is Cc1ccc(N(C)C(C)c2cccs2)cc1N. The summed E-state index contributed by atoms with van der Waals surface area (Å²) in [4.78, 5) is 3.62. The van der Waals surface area contributed by atoms with Crippen LogP contribution in [0.5, 0.6) is 0 Å². The van der Waals surface area contributed by atoms with Crippen molar-refractivity contribution < 1.29 is 0 Å². The van der Waals surface area contributed by atoms with Crippen molar-refractivity contribution in [3.63, 3.8) is 0 Å². The van der Waals surface area contributed by atoms with Crippen LogP contribution in [0.25, 0.3) is 0 Å². The van der Waals surface area contributed by atoms with Crippen LogP contribution in [0.3, 0.4) is 0 Å². The summed E-state index contributed by atoms with van der Waals surface area (Å²) in [6.45, 7) is 4.24. The van der Waals surface area contributed by atoms with Crippen molar-refractivity contribution in [1.82, 2.24) is 0 Å². The van der Waals surface area contributed by atoms with Gasteiger partial charge in [0.05, 0.1) is 6.04 Å². The van der Waals surface area contributed by atoms with Crippen molar-refractivity contribution in [3.05, 3.63) is 46.2 Å². The minimum absolute atomic E-state index is 0.372. The van der Waals surface area contributed by atoms with Crippen LogP contribution in [-0.4, -0.2) is 7.05 Å². The van der Waals surface area contributed by atoms with Crippen LogP contribution in [0.15, 0.2) is 35.7 Å². The highest BCUT2D eigenvalue weighted by Gasteiger charge is 2.13. The largest absolute Gasteiger partial charge is 0.398 e. The molecule has 0 radical (unpaired) electrons. The summed E-state index contributed by atoms with van der Waals surface area (Å²) in [5, 5.41) is 2.11. The van der Waals surface area contributed by atoms with Crippen LogP contribution < -0.4 is 10.6 Å². The molecular weight excluding hydrogens is 228 g/mol. The summed E-state index contributed by atoms with van der Waals surface area (Å²) >= 11 is 1.79. The molecule has 1 atom stereocenters. The Morgan fingerprint density at radius 3 is 2.65 bits per heavy atom. The van der Waals surface area contributed by atoms with Gasteiger partial charge in [0.25, 0.3) is 0 Å². The third kappa shape index (κ3) is 2.44. The number of rotatable bonds is 3. The fourth-order valence-corrected chi connectivity index (χ4v) is 2.62. The van der Waals surface area contributed by atoms with Crippen molar-refractivity contribution in [2.24, 2.45) is 0 Å². The lowest BCUT2D eigenvalue weighted by molar-refractivity contribution is 0.754. The second-order valence-electron chi connectivity index (χ2n) is 4.34. The number of anilines is 2. The molecule has 1 aromatic heterocycles. The Labute approximate surface area is 107 Å². The number of benzene rings is 1. The molecule has 2 N–H and O–H groups in total. The number of aryl methyl sites for hydroxylation is 1. The molecule has 0 aliphatic heterocycles. The summed E-state index contributed by atoms with van der Waals surface area (Å²) in [6, 6.07) is 10.9. The standard InChI is InChI=1S/C14H18N2S/c1-10-6-7-12(9-13(10)15)16(3)11(2)14-5-4-8-17-14/h4-9,11H,15H2,1-3H3. The third-order valence-electron chi connectivity index (χ3n) is 3.21. The average molecular weight is 246 g/mol. The molecule has 0 amide bonds. The predicted molar refractivity (Wildman–Crippen MR) is 76.7 cm³/mol. The molecule has 0 aliphatic rings. The average Bonchev–Trinajstić information content (AvgIpc) is 2.84. The molecule has 1 unspecified atom stereocenters. The van der Waals surface area contributed by atoms with Crippen LogP contribution >= 0.6 is 11.3 Å². The van der Waals surface area contributed by atoms with Crippen LogP contribution in [-0.2, 0) is 0 Å². The monoisotopic (exact) mass is 246 g/mol.